The summed E-state index contributed by atoms with van der Waals surface area (Å²) in [6, 6.07) is 20.6. The molecule has 0 bridgehead atoms. The Hall–Kier alpha value is -3.02. The van der Waals surface area contributed by atoms with Crippen molar-refractivity contribution in [3.63, 3.8) is 0 Å². The van der Waals surface area contributed by atoms with Gasteiger partial charge in [-0.05, 0) is 47.9 Å². The van der Waals surface area contributed by atoms with Crippen LogP contribution in [0.4, 0.5) is 0 Å². The van der Waals surface area contributed by atoms with Gasteiger partial charge in [0, 0.05) is 24.7 Å². The molecule has 0 heterocycles. The fourth-order valence-electron chi connectivity index (χ4n) is 4.26. The third kappa shape index (κ3) is 5.49. The van der Waals surface area contributed by atoms with Crippen LogP contribution >= 0.6 is 0 Å². The summed E-state index contributed by atoms with van der Waals surface area (Å²) in [5, 5.41) is 13.1. The van der Waals surface area contributed by atoms with Gasteiger partial charge in [0.25, 0.3) is 0 Å². The molecule has 0 saturated heterocycles. The van der Waals surface area contributed by atoms with Gasteiger partial charge >= 0.3 is 0 Å². The maximum absolute atomic E-state index is 9.66. The van der Waals surface area contributed by atoms with E-state index < -0.39 is 0 Å². The number of ether oxygens (including phenoxy) is 3. The molecule has 5 nitrogen and oxygen atoms in total. The van der Waals surface area contributed by atoms with Gasteiger partial charge in [-0.3, -0.25) is 0 Å². The highest BCUT2D eigenvalue weighted by molar-refractivity contribution is 5.68. The zero-order valence-electron chi connectivity index (χ0n) is 19.6. The molecular formula is C28H33NO4. The van der Waals surface area contributed by atoms with E-state index in [0.717, 1.165) is 11.1 Å². The fraction of sp³-hybridized carbons (Fsp3) is 0.357. The molecule has 33 heavy (non-hydrogen) atoms. The molecule has 0 unspecified atom stereocenters. The van der Waals surface area contributed by atoms with Crippen molar-refractivity contribution >= 4 is 0 Å². The molecule has 1 fully saturated rings. The van der Waals surface area contributed by atoms with Crippen molar-refractivity contribution in [1.29, 1.82) is 0 Å². The molecule has 2 N–H and O–H groups in total. The second-order valence-corrected chi connectivity index (χ2v) is 8.56. The van der Waals surface area contributed by atoms with E-state index in [-0.39, 0.29) is 12.6 Å². The van der Waals surface area contributed by atoms with Crippen molar-refractivity contribution in [3.05, 3.63) is 77.4 Å². The Morgan fingerprint density at radius 1 is 0.970 bits per heavy atom. The number of rotatable bonds is 11. The Morgan fingerprint density at radius 2 is 1.67 bits per heavy atom. The summed E-state index contributed by atoms with van der Waals surface area (Å²) >= 11 is 0. The van der Waals surface area contributed by atoms with E-state index in [2.05, 4.69) is 54.7 Å². The van der Waals surface area contributed by atoms with Crippen molar-refractivity contribution in [2.45, 2.75) is 39.0 Å². The Kier molecular flexibility index (Phi) is 7.53. The fourth-order valence-corrected chi connectivity index (χ4v) is 4.26. The van der Waals surface area contributed by atoms with Gasteiger partial charge in [-0.1, -0.05) is 48.5 Å². The number of aliphatic hydroxyl groups is 1. The second-order valence-electron chi connectivity index (χ2n) is 8.56. The number of aliphatic hydroxyl groups excluding tert-OH is 1. The Labute approximate surface area is 196 Å². The van der Waals surface area contributed by atoms with E-state index in [1.54, 1.807) is 14.2 Å². The van der Waals surface area contributed by atoms with Gasteiger partial charge in [-0.25, -0.2) is 0 Å². The lowest BCUT2D eigenvalue weighted by atomic mass is 9.97. The standard InChI is InChI=1S/C28H33NO4/c1-19-22(10-7-11-24(19)20-8-5-4-6-9-20)18-33-23-14-27(31-2)25(28(15-23)32-3)16-29-26(17-30)21-12-13-21/h4-11,14-15,21,26,29-30H,12-13,16-18H2,1-3H3/t26-/m0/s1. The highest BCUT2D eigenvalue weighted by atomic mass is 16.5. The number of benzene rings is 3. The molecule has 0 aromatic heterocycles. The van der Waals surface area contributed by atoms with Crippen LogP contribution in [0.2, 0.25) is 0 Å². The molecule has 5 heteroatoms. The molecule has 0 spiro atoms. The minimum atomic E-state index is 0.107. The number of hydrogen-bond donors (Lipinski definition) is 2. The van der Waals surface area contributed by atoms with Gasteiger partial charge in [0.15, 0.2) is 0 Å². The monoisotopic (exact) mass is 447 g/mol. The molecule has 3 aromatic carbocycles. The zero-order chi connectivity index (χ0) is 23.2. The maximum Gasteiger partial charge on any atom is 0.130 e. The summed E-state index contributed by atoms with van der Waals surface area (Å²) in [4.78, 5) is 0. The minimum Gasteiger partial charge on any atom is -0.496 e. The van der Waals surface area contributed by atoms with Crippen molar-refractivity contribution in [2.75, 3.05) is 20.8 Å². The van der Waals surface area contributed by atoms with E-state index in [4.69, 9.17) is 14.2 Å². The minimum absolute atomic E-state index is 0.107. The molecule has 1 aliphatic carbocycles. The first-order valence-electron chi connectivity index (χ1n) is 11.5. The summed E-state index contributed by atoms with van der Waals surface area (Å²) in [6.45, 7) is 3.28. The molecule has 4 rings (SSSR count). The molecule has 3 aromatic rings. The van der Waals surface area contributed by atoms with Crippen LogP contribution < -0.4 is 19.5 Å². The lowest BCUT2D eigenvalue weighted by Gasteiger charge is -2.20. The van der Waals surface area contributed by atoms with Crippen LogP contribution in [0.5, 0.6) is 17.2 Å². The topological polar surface area (TPSA) is 60.0 Å². The van der Waals surface area contributed by atoms with Gasteiger partial charge in [0.1, 0.15) is 23.9 Å². The van der Waals surface area contributed by atoms with Gasteiger partial charge in [-0.15, -0.1) is 0 Å². The number of methoxy groups -OCH3 is 2. The second kappa shape index (κ2) is 10.7. The SMILES string of the molecule is COc1cc(OCc2cccc(-c3ccccc3)c2C)cc(OC)c1CN[C@@H](CO)C1CC1. The molecule has 1 aliphatic rings. The maximum atomic E-state index is 9.66. The summed E-state index contributed by atoms with van der Waals surface area (Å²) in [6.07, 6.45) is 2.34. The predicted molar refractivity (Wildman–Crippen MR) is 131 cm³/mol. The largest absolute Gasteiger partial charge is 0.496 e. The molecule has 0 radical (unpaired) electrons. The Morgan fingerprint density at radius 3 is 2.27 bits per heavy atom. The quantitative estimate of drug-likeness (QED) is 0.427. The van der Waals surface area contributed by atoms with Gasteiger partial charge in [0.2, 0.25) is 0 Å². The van der Waals surface area contributed by atoms with Crippen LogP contribution in [-0.2, 0) is 13.2 Å². The zero-order valence-corrected chi connectivity index (χ0v) is 19.6. The summed E-state index contributed by atoms with van der Waals surface area (Å²) in [5.74, 6) is 2.67. The lowest BCUT2D eigenvalue weighted by molar-refractivity contribution is 0.226. The van der Waals surface area contributed by atoms with Crippen molar-refractivity contribution < 1.29 is 19.3 Å². The number of hydrogen-bond acceptors (Lipinski definition) is 5. The van der Waals surface area contributed by atoms with Gasteiger partial charge in [-0.2, -0.15) is 0 Å². The summed E-state index contributed by atoms with van der Waals surface area (Å²) in [5.41, 5.74) is 5.68. The highest BCUT2D eigenvalue weighted by Crippen LogP contribution is 2.36. The van der Waals surface area contributed by atoms with E-state index in [1.807, 2.05) is 18.2 Å². The van der Waals surface area contributed by atoms with Gasteiger partial charge < -0.3 is 24.6 Å². The Bertz CT molecular complexity index is 1040. The van der Waals surface area contributed by atoms with Gasteiger partial charge in [0.05, 0.1) is 26.4 Å². The molecule has 1 atom stereocenters. The van der Waals surface area contributed by atoms with Crippen molar-refractivity contribution in [2.24, 2.45) is 5.92 Å². The van der Waals surface area contributed by atoms with Crippen LogP contribution in [0.1, 0.15) is 29.5 Å². The van der Waals surface area contributed by atoms with E-state index in [0.29, 0.717) is 36.3 Å². The average Bonchev–Trinajstić information content (AvgIpc) is 3.70. The first-order valence-corrected chi connectivity index (χ1v) is 11.5. The molecule has 174 valence electrons. The average molecular weight is 448 g/mol. The summed E-state index contributed by atoms with van der Waals surface area (Å²) in [7, 11) is 3.31. The third-order valence-corrected chi connectivity index (χ3v) is 6.44. The van der Waals surface area contributed by atoms with Crippen LogP contribution in [0.15, 0.2) is 60.7 Å². The van der Waals surface area contributed by atoms with E-state index in [9.17, 15) is 5.11 Å². The molecule has 0 aliphatic heterocycles. The number of nitrogens with one attached hydrogen (secondary N) is 1. The van der Waals surface area contributed by atoms with E-state index in [1.165, 1.54) is 29.5 Å². The lowest BCUT2D eigenvalue weighted by Crippen LogP contribution is -2.34. The first kappa shape index (κ1) is 23.1. The smallest absolute Gasteiger partial charge is 0.130 e. The van der Waals surface area contributed by atoms with Crippen LogP contribution in [0.25, 0.3) is 11.1 Å². The van der Waals surface area contributed by atoms with Crippen molar-refractivity contribution in [1.82, 2.24) is 5.32 Å². The van der Waals surface area contributed by atoms with Crippen LogP contribution in [0, 0.1) is 12.8 Å². The van der Waals surface area contributed by atoms with E-state index >= 15 is 0 Å². The molecule has 0 amide bonds. The van der Waals surface area contributed by atoms with Crippen molar-refractivity contribution in [3.8, 4) is 28.4 Å². The highest BCUT2D eigenvalue weighted by Gasteiger charge is 2.30. The molecular weight excluding hydrogens is 414 g/mol. The predicted octanol–water partition coefficient (Wildman–Crippen LogP) is 5.12. The normalized spacial score (nSPS) is 14.1. The Balaban J connectivity index is 1.51. The third-order valence-electron chi connectivity index (χ3n) is 6.44. The summed E-state index contributed by atoms with van der Waals surface area (Å²) < 4.78 is 17.5. The van der Waals surface area contributed by atoms with Crippen LogP contribution in [0.3, 0.4) is 0 Å². The van der Waals surface area contributed by atoms with Crippen LogP contribution in [-0.4, -0.2) is 32.0 Å². The molecule has 1 saturated carbocycles. The first-order chi connectivity index (χ1) is 16.1.